The van der Waals surface area contributed by atoms with Gasteiger partial charge in [0.1, 0.15) is 36.6 Å². The molecular formula is C18H18N6O8S. The van der Waals surface area contributed by atoms with Gasteiger partial charge in [-0.2, -0.15) is 0 Å². The first kappa shape index (κ1) is 23.6. The Morgan fingerprint density at radius 2 is 2.18 bits per heavy atom. The van der Waals surface area contributed by atoms with Gasteiger partial charge < -0.3 is 25.3 Å². The van der Waals surface area contributed by atoms with Crippen molar-refractivity contribution in [2.45, 2.75) is 18.3 Å². The van der Waals surface area contributed by atoms with E-state index in [-0.39, 0.29) is 41.0 Å². The van der Waals surface area contributed by atoms with Crippen molar-refractivity contribution >= 4 is 53.5 Å². The minimum atomic E-state index is -1.35. The molecule has 0 saturated carbocycles. The fourth-order valence-corrected chi connectivity index (χ4v) is 4.41. The van der Waals surface area contributed by atoms with Crippen molar-refractivity contribution in [3.8, 4) is 0 Å². The smallest absolute Gasteiger partial charge is 0.352 e. The number of nitrogens with zero attached hydrogens (tertiary/aromatic N) is 4. The molecule has 3 heterocycles. The number of fused-ring (bicyclic) bond motifs is 1. The van der Waals surface area contributed by atoms with Crippen molar-refractivity contribution in [2.75, 3.05) is 24.8 Å². The molecule has 0 aromatic carbocycles. The number of esters is 1. The van der Waals surface area contributed by atoms with E-state index in [9.17, 15) is 29.1 Å². The van der Waals surface area contributed by atoms with Gasteiger partial charge in [0, 0.05) is 24.4 Å². The van der Waals surface area contributed by atoms with Crippen LogP contribution in [-0.4, -0.2) is 86.7 Å². The maximum atomic E-state index is 12.8. The Balaban J connectivity index is 1.79. The number of nitrogens with one attached hydrogen (secondary N) is 2. The molecule has 2 aliphatic heterocycles. The van der Waals surface area contributed by atoms with Gasteiger partial charge in [-0.1, -0.05) is 5.16 Å². The summed E-state index contributed by atoms with van der Waals surface area (Å²) in [4.78, 5) is 72.7. The summed E-state index contributed by atoms with van der Waals surface area (Å²) in [5, 5.41) is 17.3. The van der Waals surface area contributed by atoms with Crippen LogP contribution in [0.1, 0.15) is 12.7 Å². The van der Waals surface area contributed by atoms with Gasteiger partial charge in [-0.05, 0) is 6.07 Å². The van der Waals surface area contributed by atoms with E-state index in [4.69, 9.17) is 4.74 Å². The molecule has 0 bridgehead atoms. The lowest BCUT2D eigenvalue weighted by atomic mass is 10.0. The summed E-state index contributed by atoms with van der Waals surface area (Å²) < 4.78 is 4.88. The summed E-state index contributed by atoms with van der Waals surface area (Å²) in [6.07, 6.45) is 1.68. The van der Waals surface area contributed by atoms with Crippen molar-refractivity contribution in [2.24, 2.45) is 5.16 Å². The number of carbonyl (C=O) groups is 5. The fraction of sp³-hybridized carbons (Fsp3) is 0.333. The van der Waals surface area contributed by atoms with E-state index < -0.39 is 35.2 Å². The van der Waals surface area contributed by atoms with Crippen molar-refractivity contribution in [1.82, 2.24) is 20.2 Å². The zero-order chi connectivity index (χ0) is 24.1. The Morgan fingerprint density at radius 1 is 1.42 bits per heavy atom. The van der Waals surface area contributed by atoms with Crippen LogP contribution in [0.15, 0.2) is 28.7 Å². The number of oxime groups is 1. The van der Waals surface area contributed by atoms with Crippen LogP contribution in [0.2, 0.25) is 0 Å². The molecule has 2 atom stereocenters. The lowest BCUT2D eigenvalue weighted by Crippen LogP contribution is -2.71. The summed E-state index contributed by atoms with van der Waals surface area (Å²) in [5.74, 6) is -3.32. The molecule has 1 unspecified atom stereocenters. The van der Waals surface area contributed by atoms with E-state index in [1.807, 2.05) is 0 Å². The lowest BCUT2D eigenvalue weighted by molar-refractivity contribution is -0.150. The summed E-state index contributed by atoms with van der Waals surface area (Å²) in [7, 11) is 1.20. The van der Waals surface area contributed by atoms with E-state index in [2.05, 4.69) is 30.6 Å². The molecule has 0 aliphatic carbocycles. The number of carboxylic acids is 1. The molecule has 1 aromatic rings. The molecule has 33 heavy (non-hydrogen) atoms. The second-order valence-electron chi connectivity index (χ2n) is 6.55. The maximum Gasteiger partial charge on any atom is 0.352 e. The number of aliphatic carboxylic acids is 1. The Hall–Kier alpha value is -4.01. The largest absolute Gasteiger partial charge is 0.477 e. The number of rotatable bonds is 9. The Labute approximate surface area is 190 Å². The third-order valence-corrected chi connectivity index (χ3v) is 5.80. The van der Waals surface area contributed by atoms with Crippen molar-refractivity contribution in [1.29, 1.82) is 0 Å². The number of hydrogen-bond donors (Lipinski definition) is 3. The highest BCUT2D eigenvalue weighted by atomic mass is 32.2. The van der Waals surface area contributed by atoms with Gasteiger partial charge in [0.05, 0.1) is 0 Å². The third-order valence-electron chi connectivity index (χ3n) is 4.46. The highest BCUT2D eigenvalue weighted by Gasteiger charge is 2.54. The van der Waals surface area contributed by atoms with Crippen molar-refractivity contribution in [3.63, 3.8) is 0 Å². The van der Waals surface area contributed by atoms with Gasteiger partial charge in [0.15, 0.2) is 5.82 Å². The van der Waals surface area contributed by atoms with Crippen LogP contribution in [0.5, 0.6) is 0 Å². The zero-order valence-corrected chi connectivity index (χ0v) is 18.1. The van der Waals surface area contributed by atoms with Crippen LogP contribution in [-0.2, 0) is 33.5 Å². The predicted octanol–water partition coefficient (Wildman–Crippen LogP) is -1.30. The molecule has 3 rings (SSSR count). The van der Waals surface area contributed by atoms with Crippen LogP contribution >= 0.6 is 11.8 Å². The number of thioether (sulfide) groups is 1. The SMILES string of the molecule is CON=C(C(=O)NC1C(=O)N2C(C(=O)O)=C(COC(C)=O)CS[C@@H]12)c1nccc(NC=O)n1. The van der Waals surface area contributed by atoms with E-state index in [0.29, 0.717) is 6.41 Å². The van der Waals surface area contributed by atoms with Gasteiger partial charge in [-0.25, -0.2) is 14.8 Å². The normalized spacial score (nSPS) is 19.8. The molecule has 0 spiro atoms. The van der Waals surface area contributed by atoms with Crippen LogP contribution in [0.4, 0.5) is 5.82 Å². The lowest BCUT2D eigenvalue weighted by Gasteiger charge is -2.49. The number of carboxylic acid groups (broad SMARTS) is 1. The first-order valence-electron chi connectivity index (χ1n) is 9.27. The van der Waals surface area contributed by atoms with E-state index in [0.717, 1.165) is 4.90 Å². The first-order chi connectivity index (χ1) is 15.8. The molecule has 0 radical (unpaired) electrons. The topological polar surface area (TPSA) is 189 Å². The van der Waals surface area contributed by atoms with Crippen LogP contribution < -0.4 is 10.6 Å². The second kappa shape index (κ2) is 10.1. The first-order valence-corrected chi connectivity index (χ1v) is 10.3. The third kappa shape index (κ3) is 4.92. The quantitative estimate of drug-likeness (QED) is 0.126. The van der Waals surface area contributed by atoms with Gasteiger partial charge >= 0.3 is 11.9 Å². The summed E-state index contributed by atoms with van der Waals surface area (Å²) in [6.45, 7) is 0.929. The molecule has 15 heteroatoms. The molecule has 3 N–H and O–H groups in total. The number of amides is 3. The van der Waals surface area contributed by atoms with E-state index in [1.165, 1.54) is 38.1 Å². The maximum absolute atomic E-state index is 12.8. The van der Waals surface area contributed by atoms with Gasteiger partial charge in [-0.15, -0.1) is 11.8 Å². The molecule has 1 aromatic heterocycles. The average Bonchev–Trinajstić information content (AvgIpc) is 2.78. The molecule has 174 valence electrons. The Kier molecular flexibility index (Phi) is 7.22. The van der Waals surface area contributed by atoms with Crippen molar-refractivity contribution in [3.05, 3.63) is 29.4 Å². The minimum Gasteiger partial charge on any atom is -0.477 e. The number of β-lactam (4-membered cyclic amide) rings is 1. The number of carbonyl (C=O) groups excluding carboxylic acids is 4. The highest BCUT2D eigenvalue weighted by Crippen LogP contribution is 2.40. The number of aromatic nitrogens is 2. The van der Waals surface area contributed by atoms with Gasteiger partial charge in [-0.3, -0.25) is 24.1 Å². The zero-order valence-electron chi connectivity index (χ0n) is 17.3. The van der Waals surface area contributed by atoms with Crippen LogP contribution in [0.25, 0.3) is 0 Å². The Morgan fingerprint density at radius 3 is 2.82 bits per heavy atom. The van der Waals surface area contributed by atoms with E-state index in [1.54, 1.807) is 0 Å². The summed E-state index contributed by atoms with van der Waals surface area (Å²) in [5.41, 5.74) is -0.368. The van der Waals surface area contributed by atoms with Crippen molar-refractivity contribution < 1.29 is 38.7 Å². The summed E-state index contributed by atoms with van der Waals surface area (Å²) in [6, 6.07) is 0.338. The molecule has 1 saturated heterocycles. The number of ether oxygens (including phenoxy) is 1. The number of hydrogen-bond acceptors (Lipinski definition) is 11. The van der Waals surface area contributed by atoms with Crippen LogP contribution in [0, 0.1) is 0 Å². The number of anilines is 1. The molecule has 1 fully saturated rings. The Bertz CT molecular complexity index is 1070. The average molecular weight is 478 g/mol. The van der Waals surface area contributed by atoms with E-state index >= 15 is 0 Å². The minimum absolute atomic E-state index is 0.108. The van der Waals surface area contributed by atoms with Gasteiger partial charge in [0.2, 0.25) is 12.1 Å². The molecule has 3 amide bonds. The van der Waals surface area contributed by atoms with Crippen LogP contribution in [0.3, 0.4) is 0 Å². The standard InChI is InChI=1S/C18H18N6O8S/c1-8(26)32-5-9-6-33-17-12(16(28)24(17)13(9)18(29)30)22-15(27)11(23-31-2)14-19-4-3-10(21-14)20-7-25/h3-4,7,12,17H,5-6H2,1-2H3,(H,22,27)(H,29,30)(H,19,20,21,25)/t12?,17-/m0/s1. The van der Waals surface area contributed by atoms with Gasteiger partial charge in [0.25, 0.3) is 11.8 Å². The molecular weight excluding hydrogens is 460 g/mol. The second-order valence-corrected chi connectivity index (χ2v) is 7.65. The predicted molar refractivity (Wildman–Crippen MR) is 112 cm³/mol. The fourth-order valence-electron chi connectivity index (χ4n) is 3.08. The molecule has 2 aliphatic rings. The highest BCUT2D eigenvalue weighted by molar-refractivity contribution is 8.00. The molecule has 14 nitrogen and oxygen atoms in total. The monoisotopic (exact) mass is 478 g/mol. The summed E-state index contributed by atoms with van der Waals surface area (Å²) >= 11 is 1.20.